The lowest BCUT2D eigenvalue weighted by Gasteiger charge is -2.26. The van der Waals surface area contributed by atoms with Crippen LogP contribution in [0.25, 0.3) is 0 Å². The highest BCUT2D eigenvalue weighted by molar-refractivity contribution is 7.80. The SMILES string of the molecule is COCCCN1C(=S)N[C@@H](c2ccccn2)[C@H]1c1ccc[nH]1. The zero-order chi connectivity index (χ0) is 15.4. The van der Waals surface area contributed by atoms with Crippen molar-refractivity contribution in [2.24, 2.45) is 0 Å². The summed E-state index contributed by atoms with van der Waals surface area (Å²) >= 11 is 5.55. The summed E-state index contributed by atoms with van der Waals surface area (Å²) in [5, 5.41) is 4.19. The number of H-pyrrole nitrogens is 1. The first-order chi connectivity index (χ1) is 10.8. The number of hydrogen-bond donors (Lipinski definition) is 2. The number of methoxy groups -OCH3 is 1. The smallest absolute Gasteiger partial charge is 0.170 e. The number of thiocarbonyl (C=S) groups is 1. The minimum Gasteiger partial charge on any atom is -0.385 e. The number of rotatable bonds is 6. The second kappa shape index (κ2) is 6.89. The summed E-state index contributed by atoms with van der Waals surface area (Å²) in [5.74, 6) is 0. The molecule has 22 heavy (non-hydrogen) atoms. The van der Waals surface area contributed by atoms with Gasteiger partial charge < -0.3 is 19.9 Å². The van der Waals surface area contributed by atoms with Gasteiger partial charge in [-0.25, -0.2) is 0 Å². The Hall–Kier alpha value is -1.92. The van der Waals surface area contributed by atoms with Crippen LogP contribution >= 0.6 is 12.2 Å². The summed E-state index contributed by atoms with van der Waals surface area (Å²) in [6.07, 6.45) is 4.70. The molecule has 0 amide bonds. The predicted octanol–water partition coefficient (Wildman–Crippen LogP) is 2.42. The van der Waals surface area contributed by atoms with Crippen molar-refractivity contribution in [2.45, 2.75) is 18.5 Å². The van der Waals surface area contributed by atoms with E-state index < -0.39 is 0 Å². The number of aromatic amines is 1. The van der Waals surface area contributed by atoms with Crippen LogP contribution in [0.4, 0.5) is 0 Å². The topological polar surface area (TPSA) is 53.2 Å². The average molecular weight is 316 g/mol. The van der Waals surface area contributed by atoms with Crippen molar-refractivity contribution in [3.8, 4) is 0 Å². The van der Waals surface area contributed by atoms with Crippen molar-refractivity contribution in [2.75, 3.05) is 20.3 Å². The lowest BCUT2D eigenvalue weighted by atomic mass is 10.0. The Balaban J connectivity index is 1.88. The van der Waals surface area contributed by atoms with Crippen LogP contribution in [0.5, 0.6) is 0 Å². The Kier molecular flexibility index (Phi) is 4.70. The Morgan fingerprint density at radius 3 is 2.91 bits per heavy atom. The number of nitrogens with one attached hydrogen (secondary N) is 2. The molecule has 0 aromatic carbocycles. The molecule has 116 valence electrons. The lowest BCUT2D eigenvalue weighted by molar-refractivity contribution is 0.180. The van der Waals surface area contributed by atoms with Crippen LogP contribution in [0.3, 0.4) is 0 Å². The number of ether oxygens (including phenoxy) is 1. The molecule has 0 spiro atoms. The summed E-state index contributed by atoms with van der Waals surface area (Å²) in [6.45, 7) is 1.58. The van der Waals surface area contributed by atoms with Crippen molar-refractivity contribution in [1.29, 1.82) is 0 Å². The zero-order valence-corrected chi connectivity index (χ0v) is 13.3. The second-order valence-electron chi connectivity index (χ2n) is 5.29. The predicted molar refractivity (Wildman–Crippen MR) is 89.4 cm³/mol. The first kappa shape index (κ1) is 15.0. The molecular weight excluding hydrogens is 296 g/mol. The van der Waals surface area contributed by atoms with Gasteiger partial charge in [-0.05, 0) is 42.9 Å². The van der Waals surface area contributed by atoms with Crippen LogP contribution in [-0.2, 0) is 4.74 Å². The summed E-state index contributed by atoms with van der Waals surface area (Å²) in [4.78, 5) is 10.0. The molecule has 3 heterocycles. The maximum Gasteiger partial charge on any atom is 0.170 e. The first-order valence-electron chi connectivity index (χ1n) is 7.41. The van der Waals surface area contributed by atoms with E-state index in [-0.39, 0.29) is 12.1 Å². The van der Waals surface area contributed by atoms with Crippen molar-refractivity contribution in [1.82, 2.24) is 20.2 Å². The number of nitrogens with zero attached hydrogens (tertiary/aromatic N) is 2. The van der Waals surface area contributed by atoms with Crippen molar-refractivity contribution < 1.29 is 4.74 Å². The van der Waals surface area contributed by atoms with Crippen LogP contribution in [0.1, 0.15) is 29.9 Å². The van der Waals surface area contributed by atoms with Gasteiger partial charge in [0.25, 0.3) is 0 Å². The Morgan fingerprint density at radius 2 is 2.23 bits per heavy atom. The van der Waals surface area contributed by atoms with Gasteiger partial charge in [0.15, 0.2) is 5.11 Å². The molecular formula is C16H20N4OS. The van der Waals surface area contributed by atoms with Gasteiger partial charge >= 0.3 is 0 Å². The largest absolute Gasteiger partial charge is 0.385 e. The molecule has 1 aliphatic heterocycles. The third-order valence-corrected chi connectivity index (χ3v) is 4.24. The quantitative estimate of drug-likeness (QED) is 0.633. The molecule has 3 rings (SSSR count). The summed E-state index contributed by atoms with van der Waals surface area (Å²) in [7, 11) is 1.72. The molecule has 0 unspecified atom stereocenters. The monoisotopic (exact) mass is 316 g/mol. The van der Waals surface area contributed by atoms with Crippen LogP contribution in [0.2, 0.25) is 0 Å². The highest BCUT2D eigenvalue weighted by atomic mass is 32.1. The fraction of sp³-hybridized carbons (Fsp3) is 0.375. The van der Waals surface area contributed by atoms with Gasteiger partial charge in [0.1, 0.15) is 0 Å². The van der Waals surface area contributed by atoms with Crippen LogP contribution < -0.4 is 5.32 Å². The maximum absolute atomic E-state index is 5.55. The summed E-state index contributed by atoms with van der Waals surface area (Å²) < 4.78 is 5.16. The van der Waals surface area contributed by atoms with E-state index in [2.05, 4.69) is 26.3 Å². The molecule has 1 saturated heterocycles. The third kappa shape index (κ3) is 2.98. The van der Waals surface area contributed by atoms with Crippen molar-refractivity contribution in [3.05, 3.63) is 54.1 Å². The van der Waals surface area contributed by atoms with Gasteiger partial charge in [-0.15, -0.1) is 0 Å². The summed E-state index contributed by atoms with van der Waals surface area (Å²) in [6, 6.07) is 10.3. The average Bonchev–Trinajstić information content (AvgIpc) is 3.17. The highest BCUT2D eigenvalue weighted by Gasteiger charge is 2.39. The van der Waals surface area contributed by atoms with Gasteiger partial charge in [-0.3, -0.25) is 4.98 Å². The number of hydrogen-bond acceptors (Lipinski definition) is 3. The molecule has 0 radical (unpaired) electrons. The fourth-order valence-electron chi connectivity index (χ4n) is 2.89. The first-order valence-corrected chi connectivity index (χ1v) is 7.82. The van der Waals surface area contributed by atoms with Gasteiger partial charge in [-0.2, -0.15) is 0 Å². The number of pyridine rings is 1. The maximum atomic E-state index is 5.55. The Labute approximate surface area is 135 Å². The molecule has 2 atom stereocenters. The van der Waals surface area contributed by atoms with Crippen molar-refractivity contribution in [3.63, 3.8) is 0 Å². The molecule has 2 N–H and O–H groups in total. The molecule has 5 nitrogen and oxygen atoms in total. The molecule has 1 fully saturated rings. The second-order valence-corrected chi connectivity index (χ2v) is 5.68. The molecule has 2 aromatic heterocycles. The zero-order valence-electron chi connectivity index (χ0n) is 12.5. The standard InChI is InChI=1S/C16H20N4OS/c1-21-11-5-10-20-15(13-7-4-9-18-13)14(19-16(20)22)12-6-2-3-8-17-12/h2-4,6-9,14-15,18H,5,10-11H2,1H3,(H,19,22)/t14-,15+/m0/s1. The van der Waals surface area contributed by atoms with Gasteiger partial charge in [-0.1, -0.05) is 6.07 Å². The van der Waals surface area contributed by atoms with E-state index in [4.69, 9.17) is 17.0 Å². The van der Waals surface area contributed by atoms with Gasteiger partial charge in [0, 0.05) is 38.3 Å². The molecule has 1 aliphatic rings. The lowest BCUT2D eigenvalue weighted by Crippen LogP contribution is -2.31. The van der Waals surface area contributed by atoms with Crippen LogP contribution in [0.15, 0.2) is 42.7 Å². The van der Waals surface area contributed by atoms with E-state index >= 15 is 0 Å². The van der Waals surface area contributed by atoms with Crippen LogP contribution in [-0.4, -0.2) is 40.2 Å². The van der Waals surface area contributed by atoms with E-state index in [1.54, 1.807) is 7.11 Å². The minimum atomic E-state index is 0.0508. The fourth-order valence-corrected chi connectivity index (χ4v) is 3.22. The molecule has 0 aliphatic carbocycles. The molecule has 6 heteroatoms. The third-order valence-electron chi connectivity index (χ3n) is 3.89. The molecule has 2 aromatic rings. The van der Waals surface area contributed by atoms with E-state index in [1.165, 1.54) is 0 Å². The Morgan fingerprint density at radius 1 is 1.32 bits per heavy atom. The van der Waals surface area contributed by atoms with E-state index in [9.17, 15) is 0 Å². The van der Waals surface area contributed by atoms with Gasteiger partial charge in [0.2, 0.25) is 0 Å². The van der Waals surface area contributed by atoms with Crippen molar-refractivity contribution >= 4 is 17.3 Å². The highest BCUT2D eigenvalue weighted by Crippen LogP contribution is 2.37. The minimum absolute atomic E-state index is 0.0508. The number of aromatic nitrogens is 2. The summed E-state index contributed by atoms with van der Waals surface area (Å²) in [5.41, 5.74) is 2.14. The van der Waals surface area contributed by atoms with Gasteiger partial charge in [0.05, 0.1) is 17.8 Å². The molecule has 0 saturated carbocycles. The Bertz CT molecular complexity index is 602. The molecule has 0 bridgehead atoms. The normalized spacial score (nSPS) is 21.1. The van der Waals surface area contributed by atoms with E-state index in [0.717, 1.165) is 36.1 Å². The van der Waals surface area contributed by atoms with E-state index in [1.807, 2.05) is 36.7 Å². The van der Waals surface area contributed by atoms with E-state index in [0.29, 0.717) is 0 Å². The van der Waals surface area contributed by atoms with Crippen LogP contribution in [0, 0.1) is 0 Å².